The van der Waals surface area contributed by atoms with Gasteiger partial charge in [-0.1, -0.05) is 38.3 Å². The summed E-state index contributed by atoms with van der Waals surface area (Å²) in [6.07, 6.45) is 3.94. The number of halogens is 1. The highest BCUT2D eigenvalue weighted by atomic mass is 35.5. The fourth-order valence-electron chi connectivity index (χ4n) is 3.33. The Bertz CT molecular complexity index is 421. The quantitative estimate of drug-likeness (QED) is 0.862. The van der Waals surface area contributed by atoms with Crippen molar-refractivity contribution in [2.45, 2.75) is 39.2 Å². The van der Waals surface area contributed by atoms with E-state index in [1.54, 1.807) is 7.11 Å². The minimum Gasteiger partial charge on any atom is -0.496 e. The molecule has 1 aliphatic rings. The predicted octanol–water partition coefficient (Wildman–Crippen LogP) is 4.44. The van der Waals surface area contributed by atoms with Crippen LogP contribution in [0.4, 0.5) is 0 Å². The Kier molecular flexibility index (Phi) is 5.12. The SMILES string of the molecule is CCNC(c1cc(Cl)ccc1OC)C1CCCC1C. The summed E-state index contributed by atoms with van der Waals surface area (Å²) in [7, 11) is 1.73. The van der Waals surface area contributed by atoms with Crippen molar-refractivity contribution in [1.29, 1.82) is 0 Å². The molecule has 19 heavy (non-hydrogen) atoms. The lowest BCUT2D eigenvalue weighted by Gasteiger charge is -2.29. The number of ether oxygens (including phenoxy) is 1. The van der Waals surface area contributed by atoms with Crippen molar-refractivity contribution < 1.29 is 4.74 Å². The standard InChI is InChI=1S/C16H24ClNO/c1-4-18-16(13-7-5-6-11(13)2)14-10-12(17)8-9-15(14)19-3/h8-11,13,16,18H,4-7H2,1-3H3. The molecular formula is C16H24ClNO. The fourth-order valence-corrected chi connectivity index (χ4v) is 3.51. The molecule has 1 N–H and O–H groups in total. The maximum absolute atomic E-state index is 6.18. The van der Waals surface area contributed by atoms with Crippen LogP contribution >= 0.6 is 11.6 Å². The Hall–Kier alpha value is -0.730. The van der Waals surface area contributed by atoms with Crippen molar-refractivity contribution >= 4 is 11.6 Å². The zero-order chi connectivity index (χ0) is 13.8. The lowest BCUT2D eigenvalue weighted by atomic mass is 9.85. The third kappa shape index (κ3) is 3.24. The van der Waals surface area contributed by atoms with Crippen LogP contribution in [0.5, 0.6) is 5.75 Å². The third-order valence-electron chi connectivity index (χ3n) is 4.31. The first kappa shape index (κ1) is 14.7. The molecule has 1 saturated carbocycles. The highest BCUT2D eigenvalue weighted by molar-refractivity contribution is 6.30. The van der Waals surface area contributed by atoms with Crippen LogP contribution in [0.1, 0.15) is 44.7 Å². The molecule has 1 aliphatic carbocycles. The molecule has 106 valence electrons. The highest BCUT2D eigenvalue weighted by Gasteiger charge is 2.32. The van der Waals surface area contributed by atoms with Gasteiger partial charge in [-0.25, -0.2) is 0 Å². The molecule has 1 aromatic carbocycles. The summed E-state index contributed by atoms with van der Waals surface area (Å²) in [6, 6.07) is 6.27. The molecule has 1 fully saturated rings. The van der Waals surface area contributed by atoms with E-state index in [1.807, 2.05) is 12.1 Å². The maximum atomic E-state index is 6.18. The van der Waals surface area contributed by atoms with Crippen LogP contribution in [0.15, 0.2) is 18.2 Å². The number of methoxy groups -OCH3 is 1. The summed E-state index contributed by atoms with van der Waals surface area (Å²) in [4.78, 5) is 0. The molecular weight excluding hydrogens is 258 g/mol. The van der Waals surface area contributed by atoms with E-state index in [1.165, 1.54) is 24.8 Å². The number of nitrogens with one attached hydrogen (secondary N) is 1. The average Bonchev–Trinajstić information content (AvgIpc) is 2.82. The molecule has 0 amide bonds. The van der Waals surface area contributed by atoms with Gasteiger partial charge >= 0.3 is 0 Å². The molecule has 2 nitrogen and oxygen atoms in total. The first-order chi connectivity index (χ1) is 9.17. The Morgan fingerprint density at radius 3 is 2.79 bits per heavy atom. The van der Waals surface area contributed by atoms with Crippen LogP contribution < -0.4 is 10.1 Å². The van der Waals surface area contributed by atoms with Gasteiger partial charge in [0, 0.05) is 16.6 Å². The van der Waals surface area contributed by atoms with Crippen LogP contribution in [-0.4, -0.2) is 13.7 Å². The van der Waals surface area contributed by atoms with Gasteiger partial charge in [-0.3, -0.25) is 0 Å². The van der Waals surface area contributed by atoms with Gasteiger partial charge in [-0.05, 0) is 43.0 Å². The van der Waals surface area contributed by atoms with Gasteiger partial charge in [0.15, 0.2) is 0 Å². The van der Waals surface area contributed by atoms with E-state index in [4.69, 9.17) is 16.3 Å². The van der Waals surface area contributed by atoms with Crippen LogP contribution in [0.3, 0.4) is 0 Å². The summed E-state index contributed by atoms with van der Waals surface area (Å²) >= 11 is 6.18. The lowest BCUT2D eigenvalue weighted by Crippen LogP contribution is -2.30. The van der Waals surface area contributed by atoms with E-state index in [9.17, 15) is 0 Å². The largest absolute Gasteiger partial charge is 0.496 e. The van der Waals surface area contributed by atoms with Crippen LogP contribution in [-0.2, 0) is 0 Å². The summed E-state index contributed by atoms with van der Waals surface area (Å²) in [5.74, 6) is 2.37. The normalized spacial score (nSPS) is 24.4. The lowest BCUT2D eigenvalue weighted by molar-refractivity contribution is 0.296. The Labute approximate surface area is 121 Å². The molecule has 0 spiro atoms. The molecule has 0 aliphatic heterocycles. The number of hydrogen-bond acceptors (Lipinski definition) is 2. The molecule has 0 radical (unpaired) electrons. The molecule has 0 saturated heterocycles. The number of benzene rings is 1. The molecule has 0 heterocycles. The van der Waals surface area contributed by atoms with Crippen LogP contribution in [0, 0.1) is 11.8 Å². The summed E-state index contributed by atoms with van der Waals surface area (Å²) < 4.78 is 5.52. The van der Waals surface area contributed by atoms with Crippen molar-refractivity contribution in [3.8, 4) is 5.75 Å². The minimum absolute atomic E-state index is 0.344. The van der Waals surface area contributed by atoms with Crippen molar-refractivity contribution in [2.24, 2.45) is 11.8 Å². The first-order valence-corrected chi connectivity index (χ1v) is 7.62. The van der Waals surface area contributed by atoms with E-state index >= 15 is 0 Å². The van der Waals surface area contributed by atoms with Gasteiger partial charge in [0.05, 0.1) is 7.11 Å². The molecule has 2 rings (SSSR count). The Balaban J connectivity index is 2.35. The van der Waals surface area contributed by atoms with E-state index < -0.39 is 0 Å². The molecule has 0 aromatic heterocycles. The van der Waals surface area contributed by atoms with Crippen LogP contribution in [0.25, 0.3) is 0 Å². The minimum atomic E-state index is 0.344. The van der Waals surface area contributed by atoms with E-state index in [2.05, 4.69) is 25.2 Å². The van der Waals surface area contributed by atoms with Crippen LogP contribution in [0.2, 0.25) is 5.02 Å². The number of rotatable bonds is 5. The molecule has 3 unspecified atom stereocenters. The zero-order valence-electron chi connectivity index (χ0n) is 12.1. The van der Waals surface area contributed by atoms with Crippen molar-refractivity contribution in [3.05, 3.63) is 28.8 Å². The van der Waals surface area contributed by atoms with E-state index in [0.717, 1.165) is 23.2 Å². The average molecular weight is 282 g/mol. The fraction of sp³-hybridized carbons (Fsp3) is 0.625. The second-order valence-electron chi connectivity index (χ2n) is 5.49. The second kappa shape index (κ2) is 6.62. The monoisotopic (exact) mass is 281 g/mol. The van der Waals surface area contributed by atoms with Gasteiger partial charge in [0.25, 0.3) is 0 Å². The molecule has 1 aromatic rings. The Morgan fingerprint density at radius 2 is 2.21 bits per heavy atom. The van der Waals surface area contributed by atoms with Gasteiger partial charge in [0.2, 0.25) is 0 Å². The molecule has 3 heteroatoms. The smallest absolute Gasteiger partial charge is 0.123 e. The van der Waals surface area contributed by atoms with E-state index in [0.29, 0.717) is 12.0 Å². The van der Waals surface area contributed by atoms with Crippen molar-refractivity contribution in [2.75, 3.05) is 13.7 Å². The maximum Gasteiger partial charge on any atom is 0.123 e. The van der Waals surface area contributed by atoms with Gasteiger partial charge in [-0.15, -0.1) is 0 Å². The van der Waals surface area contributed by atoms with Crippen molar-refractivity contribution in [1.82, 2.24) is 5.32 Å². The summed E-state index contributed by atoms with van der Waals surface area (Å²) in [6.45, 7) is 5.48. The van der Waals surface area contributed by atoms with Gasteiger partial charge in [0.1, 0.15) is 5.75 Å². The molecule has 0 bridgehead atoms. The van der Waals surface area contributed by atoms with Crippen molar-refractivity contribution in [3.63, 3.8) is 0 Å². The summed E-state index contributed by atoms with van der Waals surface area (Å²) in [5, 5.41) is 4.42. The first-order valence-electron chi connectivity index (χ1n) is 7.24. The zero-order valence-corrected chi connectivity index (χ0v) is 12.8. The van der Waals surface area contributed by atoms with E-state index in [-0.39, 0.29) is 0 Å². The predicted molar refractivity (Wildman–Crippen MR) is 80.9 cm³/mol. The highest BCUT2D eigenvalue weighted by Crippen LogP contribution is 2.42. The van der Waals surface area contributed by atoms with Gasteiger partial charge in [-0.2, -0.15) is 0 Å². The third-order valence-corrected chi connectivity index (χ3v) is 4.54. The van der Waals surface area contributed by atoms with Gasteiger partial charge < -0.3 is 10.1 Å². The topological polar surface area (TPSA) is 21.3 Å². The summed E-state index contributed by atoms with van der Waals surface area (Å²) in [5.41, 5.74) is 1.20. The molecule has 3 atom stereocenters. The number of hydrogen-bond donors (Lipinski definition) is 1. The Morgan fingerprint density at radius 1 is 1.42 bits per heavy atom. The second-order valence-corrected chi connectivity index (χ2v) is 5.93.